The molecular formula is C16H23ClN2O2. The van der Waals surface area contributed by atoms with Crippen molar-refractivity contribution in [1.82, 2.24) is 10.2 Å². The van der Waals surface area contributed by atoms with Gasteiger partial charge in [-0.15, -0.1) is 0 Å². The number of carbonyl (C=O) groups is 1. The summed E-state index contributed by atoms with van der Waals surface area (Å²) in [5.41, 5.74) is 0. The van der Waals surface area contributed by atoms with Crippen LogP contribution < -0.4 is 10.1 Å². The molecule has 2 rings (SSSR count). The van der Waals surface area contributed by atoms with E-state index in [0.29, 0.717) is 17.3 Å². The maximum absolute atomic E-state index is 12.6. The number of benzene rings is 1. The molecule has 1 fully saturated rings. The zero-order valence-corrected chi connectivity index (χ0v) is 13.4. The summed E-state index contributed by atoms with van der Waals surface area (Å²) in [4.78, 5) is 14.5. The third-order valence-corrected chi connectivity index (χ3v) is 4.03. The van der Waals surface area contributed by atoms with Crippen molar-refractivity contribution in [2.75, 3.05) is 19.6 Å². The highest BCUT2D eigenvalue weighted by molar-refractivity contribution is 6.30. The SMILES string of the molecule is CCN(C(=O)C(C)Oc1cccc(Cl)c1)C1CCCNC1. The van der Waals surface area contributed by atoms with Crippen LogP contribution in [0.5, 0.6) is 5.75 Å². The van der Waals surface area contributed by atoms with Crippen molar-refractivity contribution >= 4 is 17.5 Å². The number of piperidine rings is 1. The highest BCUT2D eigenvalue weighted by atomic mass is 35.5. The molecular weight excluding hydrogens is 288 g/mol. The minimum atomic E-state index is -0.509. The molecule has 1 aromatic rings. The largest absolute Gasteiger partial charge is 0.481 e. The Morgan fingerprint density at radius 3 is 3.00 bits per heavy atom. The van der Waals surface area contributed by atoms with Crippen molar-refractivity contribution in [2.45, 2.75) is 38.8 Å². The van der Waals surface area contributed by atoms with Crippen LogP contribution >= 0.6 is 11.6 Å². The van der Waals surface area contributed by atoms with Gasteiger partial charge in [-0.2, -0.15) is 0 Å². The summed E-state index contributed by atoms with van der Waals surface area (Å²) in [5, 5.41) is 3.96. The Morgan fingerprint density at radius 1 is 1.57 bits per heavy atom. The molecule has 0 aromatic heterocycles. The number of nitrogens with one attached hydrogen (secondary N) is 1. The van der Waals surface area contributed by atoms with Gasteiger partial charge in [0.25, 0.3) is 5.91 Å². The fraction of sp³-hybridized carbons (Fsp3) is 0.562. The van der Waals surface area contributed by atoms with Gasteiger partial charge in [0.1, 0.15) is 5.75 Å². The topological polar surface area (TPSA) is 41.6 Å². The fourth-order valence-electron chi connectivity index (χ4n) is 2.72. The molecule has 1 aliphatic rings. The average molecular weight is 311 g/mol. The van der Waals surface area contributed by atoms with Gasteiger partial charge in [0.05, 0.1) is 0 Å². The van der Waals surface area contributed by atoms with E-state index in [1.807, 2.05) is 24.0 Å². The van der Waals surface area contributed by atoms with E-state index in [1.54, 1.807) is 19.1 Å². The molecule has 1 aliphatic heterocycles. The number of amides is 1. The molecule has 0 spiro atoms. The summed E-state index contributed by atoms with van der Waals surface area (Å²) in [6.45, 7) is 6.41. The molecule has 0 radical (unpaired) electrons. The summed E-state index contributed by atoms with van der Waals surface area (Å²) in [6, 6.07) is 7.41. The van der Waals surface area contributed by atoms with Crippen LogP contribution in [0.4, 0.5) is 0 Å². The van der Waals surface area contributed by atoms with Crippen molar-refractivity contribution < 1.29 is 9.53 Å². The number of carbonyl (C=O) groups excluding carboxylic acids is 1. The molecule has 0 bridgehead atoms. The lowest BCUT2D eigenvalue weighted by molar-refractivity contribution is -0.140. The van der Waals surface area contributed by atoms with Gasteiger partial charge in [-0.1, -0.05) is 17.7 Å². The molecule has 0 saturated carbocycles. The molecule has 1 saturated heterocycles. The van der Waals surface area contributed by atoms with E-state index in [4.69, 9.17) is 16.3 Å². The van der Waals surface area contributed by atoms with E-state index in [9.17, 15) is 4.79 Å². The zero-order chi connectivity index (χ0) is 15.2. The molecule has 1 aromatic carbocycles. The molecule has 2 atom stereocenters. The first-order chi connectivity index (χ1) is 10.1. The van der Waals surface area contributed by atoms with Crippen LogP contribution in [0.1, 0.15) is 26.7 Å². The Labute approximate surface area is 131 Å². The van der Waals surface area contributed by atoms with E-state index in [2.05, 4.69) is 5.32 Å². The minimum Gasteiger partial charge on any atom is -0.481 e. The third kappa shape index (κ3) is 4.35. The first kappa shape index (κ1) is 16.1. The molecule has 1 heterocycles. The summed E-state index contributed by atoms with van der Waals surface area (Å²) in [5.74, 6) is 0.660. The summed E-state index contributed by atoms with van der Waals surface area (Å²) in [7, 11) is 0. The van der Waals surface area contributed by atoms with Gasteiger partial charge >= 0.3 is 0 Å². The van der Waals surface area contributed by atoms with Gasteiger partial charge in [-0.25, -0.2) is 0 Å². The monoisotopic (exact) mass is 310 g/mol. The lowest BCUT2D eigenvalue weighted by atomic mass is 10.1. The van der Waals surface area contributed by atoms with Gasteiger partial charge in [0.2, 0.25) is 0 Å². The molecule has 1 amide bonds. The van der Waals surface area contributed by atoms with Crippen molar-refractivity contribution in [2.24, 2.45) is 0 Å². The Kier molecular flexibility index (Phi) is 5.88. The highest BCUT2D eigenvalue weighted by Crippen LogP contribution is 2.20. The lowest BCUT2D eigenvalue weighted by Gasteiger charge is -2.35. The standard InChI is InChI=1S/C16H23ClN2O2/c1-3-19(14-7-5-9-18-11-14)16(20)12(2)21-15-8-4-6-13(17)10-15/h4,6,8,10,12,14,18H,3,5,7,9,11H2,1-2H3. The minimum absolute atomic E-state index is 0.0335. The van der Waals surface area contributed by atoms with Gasteiger partial charge in [-0.3, -0.25) is 4.79 Å². The molecule has 2 unspecified atom stereocenters. The number of halogens is 1. The van der Waals surface area contributed by atoms with Gasteiger partial charge < -0.3 is 15.0 Å². The van der Waals surface area contributed by atoms with Crippen molar-refractivity contribution in [1.29, 1.82) is 0 Å². The van der Waals surface area contributed by atoms with Crippen molar-refractivity contribution in [3.8, 4) is 5.75 Å². The molecule has 116 valence electrons. The number of ether oxygens (including phenoxy) is 1. The Balaban J connectivity index is 1.99. The number of hydrogen-bond donors (Lipinski definition) is 1. The number of nitrogens with zero attached hydrogens (tertiary/aromatic N) is 1. The Bertz CT molecular complexity index is 475. The van der Waals surface area contributed by atoms with Crippen molar-refractivity contribution in [3.63, 3.8) is 0 Å². The fourth-order valence-corrected chi connectivity index (χ4v) is 2.90. The summed E-state index contributed by atoms with van der Waals surface area (Å²) < 4.78 is 5.73. The predicted octanol–water partition coefficient (Wildman–Crippen LogP) is 2.71. The van der Waals surface area contributed by atoms with Crippen LogP contribution in [0, 0.1) is 0 Å². The maximum Gasteiger partial charge on any atom is 0.263 e. The highest BCUT2D eigenvalue weighted by Gasteiger charge is 2.28. The quantitative estimate of drug-likeness (QED) is 0.909. The van der Waals surface area contributed by atoms with E-state index >= 15 is 0 Å². The second-order valence-electron chi connectivity index (χ2n) is 5.34. The molecule has 21 heavy (non-hydrogen) atoms. The summed E-state index contributed by atoms with van der Waals surface area (Å²) >= 11 is 5.94. The lowest BCUT2D eigenvalue weighted by Crippen LogP contribution is -2.52. The van der Waals surface area contributed by atoms with E-state index < -0.39 is 6.10 Å². The Morgan fingerprint density at radius 2 is 2.38 bits per heavy atom. The van der Waals surface area contributed by atoms with Crippen LogP contribution in [-0.4, -0.2) is 42.6 Å². The second kappa shape index (κ2) is 7.66. The predicted molar refractivity (Wildman–Crippen MR) is 84.8 cm³/mol. The normalized spacial score (nSPS) is 19.9. The van der Waals surface area contributed by atoms with Gasteiger partial charge in [-0.05, 0) is 51.4 Å². The molecule has 4 nitrogen and oxygen atoms in total. The Hall–Kier alpha value is -1.26. The average Bonchev–Trinajstić information content (AvgIpc) is 2.49. The molecule has 1 N–H and O–H groups in total. The van der Waals surface area contributed by atoms with Crippen molar-refractivity contribution in [3.05, 3.63) is 29.3 Å². The molecule has 0 aliphatic carbocycles. The molecule has 5 heteroatoms. The van der Waals surface area contributed by atoms with E-state index in [0.717, 1.165) is 25.9 Å². The third-order valence-electron chi connectivity index (χ3n) is 3.79. The number of rotatable bonds is 5. The van der Waals surface area contributed by atoms with Crippen LogP contribution in [0.3, 0.4) is 0 Å². The van der Waals surface area contributed by atoms with Gasteiger partial charge in [0.15, 0.2) is 6.10 Å². The van der Waals surface area contributed by atoms with E-state index in [1.165, 1.54) is 0 Å². The van der Waals surface area contributed by atoms with Crippen LogP contribution in [0.15, 0.2) is 24.3 Å². The van der Waals surface area contributed by atoms with Crippen LogP contribution in [0.25, 0.3) is 0 Å². The van der Waals surface area contributed by atoms with Crippen LogP contribution in [0.2, 0.25) is 5.02 Å². The first-order valence-electron chi connectivity index (χ1n) is 7.55. The summed E-state index contributed by atoms with van der Waals surface area (Å²) in [6.07, 6.45) is 1.65. The number of hydrogen-bond acceptors (Lipinski definition) is 3. The van der Waals surface area contributed by atoms with E-state index in [-0.39, 0.29) is 11.9 Å². The number of likely N-dealkylation sites (N-methyl/N-ethyl adjacent to an activating group) is 1. The van der Waals surface area contributed by atoms with Crippen LogP contribution in [-0.2, 0) is 4.79 Å². The second-order valence-corrected chi connectivity index (χ2v) is 5.78. The van der Waals surface area contributed by atoms with Gasteiger partial charge in [0, 0.05) is 24.2 Å². The maximum atomic E-state index is 12.6. The smallest absolute Gasteiger partial charge is 0.263 e. The first-order valence-corrected chi connectivity index (χ1v) is 7.93. The zero-order valence-electron chi connectivity index (χ0n) is 12.6.